The molecule has 16 heavy (non-hydrogen) atoms. The molecule has 4 nitrogen and oxygen atoms in total. The van der Waals surface area contributed by atoms with E-state index in [0.717, 1.165) is 36.6 Å². The average Bonchev–Trinajstić information content (AvgIpc) is 2.28. The lowest BCUT2D eigenvalue weighted by Crippen LogP contribution is -2.16. The number of aryl methyl sites for hydroxylation is 2. The molecule has 0 spiro atoms. The fraction of sp³-hybridized carbons (Fsp3) is 0.667. The van der Waals surface area contributed by atoms with E-state index in [1.165, 1.54) is 0 Å². The van der Waals surface area contributed by atoms with Gasteiger partial charge in [0.1, 0.15) is 5.82 Å². The van der Waals surface area contributed by atoms with Gasteiger partial charge in [0, 0.05) is 19.3 Å². The summed E-state index contributed by atoms with van der Waals surface area (Å²) >= 11 is 0. The lowest BCUT2D eigenvalue weighted by Gasteiger charge is -2.15. The Morgan fingerprint density at radius 2 is 2.19 bits per heavy atom. The van der Waals surface area contributed by atoms with E-state index in [1.807, 2.05) is 13.8 Å². The summed E-state index contributed by atoms with van der Waals surface area (Å²) in [6, 6.07) is 0. The molecule has 0 fully saturated rings. The highest BCUT2D eigenvalue weighted by Gasteiger charge is 2.07. The van der Waals surface area contributed by atoms with Gasteiger partial charge < -0.3 is 10.4 Å². The first-order valence-electron chi connectivity index (χ1n) is 5.82. The van der Waals surface area contributed by atoms with Crippen LogP contribution in [0.4, 0.5) is 5.82 Å². The Labute approximate surface area is 97.1 Å². The molecular formula is C12H21N3O. The molecule has 0 aliphatic carbocycles. The quantitative estimate of drug-likeness (QED) is 0.773. The van der Waals surface area contributed by atoms with E-state index < -0.39 is 0 Å². The second-order valence-electron chi connectivity index (χ2n) is 4.11. The second-order valence-corrected chi connectivity index (χ2v) is 4.11. The molecule has 0 saturated carbocycles. The summed E-state index contributed by atoms with van der Waals surface area (Å²) in [5.41, 5.74) is 1.84. The minimum atomic E-state index is 0.249. The van der Waals surface area contributed by atoms with Crippen molar-refractivity contribution >= 4 is 5.82 Å². The van der Waals surface area contributed by atoms with Crippen LogP contribution in [-0.2, 0) is 0 Å². The van der Waals surface area contributed by atoms with Gasteiger partial charge in [-0.2, -0.15) is 0 Å². The van der Waals surface area contributed by atoms with E-state index in [4.69, 9.17) is 5.11 Å². The molecule has 1 unspecified atom stereocenters. The molecule has 0 bridgehead atoms. The molecule has 4 heteroatoms. The molecule has 0 aliphatic rings. The summed E-state index contributed by atoms with van der Waals surface area (Å²) in [6.45, 7) is 7.11. The second kappa shape index (κ2) is 6.43. The van der Waals surface area contributed by atoms with Crippen molar-refractivity contribution in [2.75, 3.05) is 18.5 Å². The number of rotatable bonds is 6. The third kappa shape index (κ3) is 3.77. The van der Waals surface area contributed by atoms with Crippen molar-refractivity contribution in [3.63, 3.8) is 0 Å². The zero-order chi connectivity index (χ0) is 12.0. The van der Waals surface area contributed by atoms with E-state index >= 15 is 0 Å². The minimum absolute atomic E-state index is 0.249. The van der Waals surface area contributed by atoms with E-state index in [-0.39, 0.29) is 6.61 Å². The maximum Gasteiger partial charge on any atom is 0.147 e. The Balaban J connectivity index is 2.55. The largest absolute Gasteiger partial charge is 0.396 e. The summed E-state index contributed by atoms with van der Waals surface area (Å²) in [4.78, 5) is 8.66. The van der Waals surface area contributed by atoms with Gasteiger partial charge in [-0.25, -0.2) is 4.98 Å². The lowest BCUT2D eigenvalue weighted by atomic mass is 10.0. The number of hydrogen-bond acceptors (Lipinski definition) is 4. The van der Waals surface area contributed by atoms with Gasteiger partial charge in [0.25, 0.3) is 0 Å². The van der Waals surface area contributed by atoms with E-state index in [9.17, 15) is 0 Å². The number of aliphatic hydroxyl groups excluding tert-OH is 1. The molecule has 1 aromatic heterocycles. The summed E-state index contributed by atoms with van der Waals surface area (Å²) in [5, 5.41) is 12.2. The highest BCUT2D eigenvalue weighted by Crippen LogP contribution is 2.12. The average molecular weight is 223 g/mol. The smallest absolute Gasteiger partial charge is 0.147 e. The standard InChI is InChI=1S/C12H21N3O/c1-4-11(5-6-16)8-14-12-10(3)13-7-9(2)15-12/h7,11,16H,4-6,8H2,1-3H3,(H,14,15). The Hall–Kier alpha value is -1.16. The first-order valence-corrected chi connectivity index (χ1v) is 5.82. The third-order valence-electron chi connectivity index (χ3n) is 2.75. The topological polar surface area (TPSA) is 58.0 Å². The number of nitrogens with zero attached hydrogens (tertiary/aromatic N) is 2. The third-order valence-corrected chi connectivity index (χ3v) is 2.75. The van der Waals surface area contributed by atoms with Crippen LogP contribution in [0.25, 0.3) is 0 Å². The van der Waals surface area contributed by atoms with Crippen LogP contribution in [0.3, 0.4) is 0 Å². The van der Waals surface area contributed by atoms with Crippen molar-refractivity contribution in [1.82, 2.24) is 9.97 Å². The Morgan fingerprint density at radius 1 is 1.44 bits per heavy atom. The van der Waals surface area contributed by atoms with Crippen molar-refractivity contribution in [2.45, 2.75) is 33.6 Å². The van der Waals surface area contributed by atoms with Crippen LogP contribution in [0.5, 0.6) is 0 Å². The van der Waals surface area contributed by atoms with Crippen LogP contribution < -0.4 is 5.32 Å². The molecule has 0 aliphatic heterocycles. The Morgan fingerprint density at radius 3 is 2.81 bits per heavy atom. The summed E-state index contributed by atoms with van der Waals surface area (Å²) in [7, 11) is 0. The van der Waals surface area contributed by atoms with Gasteiger partial charge in [-0.05, 0) is 26.2 Å². The Kier molecular flexibility index (Phi) is 5.19. The van der Waals surface area contributed by atoms with Gasteiger partial charge in [0.15, 0.2) is 0 Å². The van der Waals surface area contributed by atoms with Gasteiger partial charge in [0.2, 0.25) is 0 Å². The van der Waals surface area contributed by atoms with E-state index in [2.05, 4.69) is 22.2 Å². The van der Waals surface area contributed by atoms with Crippen molar-refractivity contribution in [3.05, 3.63) is 17.6 Å². The monoisotopic (exact) mass is 223 g/mol. The number of aromatic nitrogens is 2. The molecule has 0 amide bonds. The zero-order valence-electron chi connectivity index (χ0n) is 10.3. The van der Waals surface area contributed by atoms with Gasteiger partial charge in [0.05, 0.1) is 11.4 Å². The first kappa shape index (κ1) is 12.9. The van der Waals surface area contributed by atoms with Crippen LogP contribution in [-0.4, -0.2) is 28.2 Å². The fourth-order valence-corrected chi connectivity index (χ4v) is 1.58. The molecule has 1 atom stereocenters. The highest BCUT2D eigenvalue weighted by molar-refractivity contribution is 5.39. The maximum absolute atomic E-state index is 8.91. The van der Waals surface area contributed by atoms with Crippen LogP contribution in [0.2, 0.25) is 0 Å². The van der Waals surface area contributed by atoms with Gasteiger partial charge in [-0.15, -0.1) is 0 Å². The summed E-state index contributed by atoms with van der Waals surface area (Å²) in [5.74, 6) is 1.35. The Bertz CT molecular complexity index is 328. The predicted octanol–water partition coefficient (Wildman–Crippen LogP) is 1.91. The van der Waals surface area contributed by atoms with Crippen LogP contribution in [0.15, 0.2) is 6.20 Å². The minimum Gasteiger partial charge on any atom is -0.396 e. The number of anilines is 1. The van der Waals surface area contributed by atoms with Crippen LogP contribution in [0.1, 0.15) is 31.2 Å². The van der Waals surface area contributed by atoms with E-state index in [1.54, 1.807) is 6.20 Å². The number of nitrogens with one attached hydrogen (secondary N) is 1. The first-order chi connectivity index (χ1) is 7.67. The van der Waals surface area contributed by atoms with Crippen molar-refractivity contribution in [2.24, 2.45) is 5.92 Å². The molecule has 90 valence electrons. The molecule has 1 rings (SSSR count). The van der Waals surface area contributed by atoms with Crippen LogP contribution >= 0.6 is 0 Å². The molecule has 0 saturated heterocycles. The number of aliphatic hydroxyl groups is 1. The molecule has 0 radical (unpaired) electrons. The van der Waals surface area contributed by atoms with Gasteiger partial charge >= 0.3 is 0 Å². The summed E-state index contributed by atoms with van der Waals surface area (Å²) in [6.07, 6.45) is 3.67. The molecule has 1 heterocycles. The highest BCUT2D eigenvalue weighted by atomic mass is 16.3. The maximum atomic E-state index is 8.91. The van der Waals surface area contributed by atoms with Gasteiger partial charge in [-0.3, -0.25) is 4.98 Å². The number of hydrogen-bond donors (Lipinski definition) is 2. The molecular weight excluding hydrogens is 202 g/mol. The SMILES string of the molecule is CCC(CCO)CNc1nc(C)cnc1C. The molecule has 0 aromatic carbocycles. The summed E-state index contributed by atoms with van der Waals surface area (Å²) < 4.78 is 0. The van der Waals surface area contributed by atoms with E-state index in [0.29, 0.717) is 5.92 Å². The zero-order valence-corrected chi connectivity index (χ0v) is 10.3. The van der Waals surface area contributed by atoms with Gasteiger partial charge in [-0.1, -0.05) is 13.3 Å². The van der Waals surface area contributed by atoms with Crippen molar-refractivity contribution in [1.29, 1.82) is 0 Å². The van der Waals surface area contributed by atoms with Crippen molar-refractivity contribution < 1.29 is 5.11 Å². The predicted molar refractivity (Wildman–Crippen MR) is 65.5 cm³/mol. The van der Waals surface area contributed by atoms with Crippen LogP contribution in [0, 0.1) is 19.8 Å². The normalized spacial score (nSPS) is 12.5. The van der Waals surface area contributed by atoms with Crippen molar-refractivity contribution in [3.8, 4) is 0 Å². The lowest BCUT2D eigenvalue weighted by molar-refractivity contribution is 0.258. The molecule has 1 aromatic rings. The fourth-order valence-electron chi connectivity index (χ4n) is 1.58. The molecule has 2 N–H and O–H groups in total.